The first-order valence-electron chi connectivity index (χ1n) is 2.25. The van der Waals surface area contributed by atoms with Gasteiger partial charge in [-0.05, 0) is 19.3 Å². The molecule has 0 saturated carbocycles. The fourth-order valence-corrected chi connectivity index (χ4v) is 0.376. The average molecular weight is 122 g/mol. The minimum atomic E-state index is -0.350. The molecule has 0 fully saturated rings. The topological polar surface area (TPSA) is 29.5 Å². The van der Waals surface area contributed by atoms with E-state index in [9.17, 15) is 0 Å². The van der Waals surface area contributed by atoms with E-state index in [4.69, 9.17) is 5.11 Å². The molecule has 0 aromatic carbocycles. The van der Waals surface area contributed by atoms with Crippen molar-refractivity contribution in [3.05, 3.63) is 0 Å². The van der Waals surface area contributed by atoms with E-state index in [0.717, 1.165) is 6.42 Å². The van der Waals surface area contributed by atoms with Crippen molar-refractivity contribution in [3.63, 3.8) is 0 Å². The van der Waals surface area contributed by atoms with Crippen LogP contribution in [-0.2, 0) is 4.18 Å². The lowest BCUT2D eigenvalue weighted by Gasteiger charge is -2.01. The summed E-state index contributed by atoms with van der Waals surface area (Å²) in [7, 11) is 0. The summed E-state index contributed by atoms with van der Waals surface area (Å²) >= 11 is 3.45. The zero-order valence-corrected chi connectivity index (χ0v) is 5.19. The SMILES string of the molecule is CCC(O)COS. The van der Waals surface area contributed by atoms with Crippen LogP contribution >= 0.6 is 12.9 Å². The zero-order chi connectivity index (χ0) is 5.70. The lowest BCUT2D eigenvalue weighted by atomic mass is 10.3. The van der Waals surface area contributed by atoms with Crippen molar-refractivity contribution in [2.24, 2.45) is 0 Å². The Bertz CT molecular complexity index is 40.7. The maximum atomic E-state index is 8.68. The van der Waals surface area contributed by atoms with Gasteiger partial charge in [0.2, 0.25) is 0 Å². The van der Waals surface area contributed by atoms with Crippen LogP contribution in [0.2, 0.25) is 0 Å². The van der Waals surface area contributed by atoms with Crippen molar-refractivity contribution < 1.29 is 9.29 Å². The summed E-state index contributed by atoms with van der Waals surface area (Å²) in [5.74, 6) is 0. The number of aliphatic hydroxyl groups excluding tert-OH is 1. The maximum Gasteiger partial charge on any atom is 0.0870 e. The predicted octanol–water partition coefficient (Wildman–Crippen LogP) is 0.619. The number of hydrogen-bond donors (Lipinski definition) is 2. The van der Waals surface area contributed by atoms with Gasteiger partial charge in [0.05, 0.1) is 12.7 Å². The van der Waals surface area contributed by atoms with Crippen LogP contribution < -0.4 is 0 Å². The molecule has 0 saturated heterocycles. The summed E-state index contributed by atoms with van der Waals surface area (Å²) in [5.41, 5.74) is 0. The van der Waals surface area contributed by atoms with E-state index in [1.54, 1.807) is 0 Å². The van der Waals surface area contributed by atoms with Gasteiger partial charge in [0.15, 0.2) is 0 Å². The van der Waals surface area contributed by atoms with Crippen LogP contribution in [0.1, 0.15) is 13.3 Å². The van der Waals surface area contributed by atoms with E-state index >= 15 is 0 Å². The normalized spacial score (nSPS) is 14.1. The molecule has 0 radical (unpaired) electrons. The highest BCUT2D eigenvalue weighted by molar-refractivity contribution is 7.75. The van der Waals surface area contributed by atoms with Gasteiger partial charge in [0.1, 0.15) is 0 Å². The number of thiol groups is 1. The summed E-state index contributed by atoms with van der Waals surface area (Å²) < 4.78 is 4.34. The van der Waals surface area contributed by atoms with E-state index in [1.807, 2.05) is 6.92 Å². The summed E-state index contributed by atoms with van der Waals surface area (Å²) in [6.07, 6.45) is 0.373. The lowest BCUT2D eigenvalue weighted by molar-refractivity contribution is 0.116. The van der Waals surface area contributed by atoms with Gasteiger partial charge in [-0.25, -0.2) is 0 Å². The molecule has 7 heavy (non-hydrogen) atoms. The molecule has 0 bridgehead atoms. The third-order valence-corrected chi connectivity index (χ3v) is 0.887. The molecule has 0 amide bonds. The second-order valence-electron chi connectivity index (χ2n) is 1.36. The monoisotopic (exact) mass is 122 g/mol. The summed E-state index contributed by atoms with van der Waals surface area (Å²) in [6.45, 7) is 2.21. The van der Waals surface area contributed by atoms with Gasteiger partial charge >= 0.3 is 0 Å². The Morgan fingerprint density at radius 2 is 2.43 bits per heavy atom. The van der Waals surface area contributed by atoms with Crippen molar-refractivity contribution >= 4 is 12.9 Å². The van der Waals surface area contributed by atoms with E-state index < -0.39 is 0 Å². The van der Waals surface area contributed by atoms with Crippen LogP contribution in [-0.4, -0.2) is 17.8 Å². The molecule has 0 aliphatic rings. The quantitative estimate of drug-likeness (QED) is 0.424. The molecule has 44 valence electrons. The number of rotatable bonds is 3. The van der Waals surface area contributed by atoms with Gasteiger partial charge in [0, 0.05) is 0 Å². The Hall–Kier alpha value is 0.270. The van der Waals surface area contributed by atoms with Crippen LogP contribution in [0.5, 0.6) is 0 Å². The molecular weight excluding hydrogens is 112 g/mol. The van der Waals surface area contributed by atoms with Gasteiger partial charge in [-0.15, -0.1) is 0 Å². The second kappa shape index (κ2) is 4.43. The molecule has 0 aliphatic carbocycles. The first-order valence-corrected chi connectivity index (χ1v) is 2.62. The van der Waals surface area contributed by atoms with Crippen molar-refractivity contribution in [1.29, 1.82) is 0 Å². The highest BCUT2D eigenvalue weighted by Crippen LogP contribution is 1.90. The molecule has 2 nitrogen and oxygen atoms in total. The van der Waals surface area contributed by atoms with Crippen molar-refractivity contribution in [2.45, 2.75) is 19.4 Å². The van der Waals surface area contributed by atoms with E-state index in [1.165, 1.54) is 0 Å². The van der Waals surface area contributed by atoms with Gasteiger partial charge in [-0.1, -0.05) is 6.92 Å². The van der Waals surface area contributed by atoms with Crippen LogP contribution in [0.15, 0.2) is 0 Å². The maximum absolute atomic E-state index is 8.68. The van der Waals surface area contributed by atoms with Gasteiger partial charge in [0.25, 0.3) is 0 Å². The summed E-state index contributed by atoms with van der Waals surface area (Å²) in [5, 5.41) is 8.68. The third-order valence-electron chi connectivity index (χ3n) is 0.738. The number of aliphatic hydroxyl groups is 1. The van der Waals surface area contributed by atoms with Crippen molar-refractivity contribution in [1.82, 2.24) is 0 Å². The first kappa shape index (κ1) is 7.27. The molecule has 0 aromatic rings. The molecular formula is C4H10O2S. The van der Waals surface area contributed by atoms with Crippen LogP contribution in [0.25, 0.3) is 0 Å². The molecule has 0 heterocycles. The van der Waals surface area contributed by atoms with Gasteiger partial charge < -0.3 is 9.29 Å². The Morgan fingerprint density at radius 1 is 1.86 bits per heavy atom. The van der Waals surface area contributed by atoms with E-state index in [0.29, 0.717) is 6.61 Å². The lowest BCUT2D eigenvalue weighted by Crippen LogP contribution is -2.09. The predicted molar refractivity (Wildman–Crippen MR) is 31.2 cm³/mol. The molecule has 1 unspecified atom stereocenters. The largest absolute Gasteiger partial charge is 0.391 e. The Balaban J connectivity index is 2.83. The molecule has 0 spiro atoms. The Kier molecular flexibility index (Phi) is 4.60. The average Bonchev–Trinajstić information content (AvgIpc) is 1.68. The fraction of sp³-hybridized carbons (Fsp3) is 1.00. The first-order chi connectivity index (χ1) is 3.31. The van der Waals surface area contributed by atoms with Crippen LogP contribution in [0.3, 0.4) is 0 Å². The molecule has 1 atom stereocenters. The Morgan fingerprint density at radius 3 is 2.57 bits per heavy atom. The molecule has 0 rings (SSSR count). The molecule has 0 aliphatic heterocycles. The Labute approximate surface area is 49.1 Å². The third kappa shape index (κ3) is 4.12. The molecule has 1 N–H and O–H groups in total. The number of hydrogen-bond acceptors (Lipinski definition) is 3. The molecule has 3 heteroatoms. The summed E-state index contributed by atoms with van der Waals surface area (Å²) in [6, 6.07) is 0. The van der Waals surface area contributed by atoms with E-state index in [2.05, 4.69) is 17.1 Å². The van der Waals surface area contributed by atoms with Crippen molar-refractivity contribution in [3.8, 4) is 0 Å². The highest BCUT2D eigenvalue weighted by atomic mass is 32.1. The minimum absolute atomic E-state index is 0.319. The standard InChI is InChI=1S/C4H10O2S/c1-2-4(5)3-6-7/h4-5,7H,2-3H2,1H3. The van der Waals surface area contributed by atoms with Crippen LogP contribution in [0.4, 0.5) is 0 Å². The van der Waals surface area contributed by atoms with E-state index in [-0.39, 0.29) is 6.10 Å². The van der Waals surface area contributed by atoms with Crippen molar-refractivity contribution in [2.75, 3.05) is 6.61 Å². The zero-order valence-electron chi connectivity index (χ0n) is 4.29. The highest BCUT2D eigenvalue weighted by Gasteiger charge is 1.95. The van der Waals surface area contributed by atoms with Gasteiger partial charge in [-0.3, -0.25) is 0 Å². The smallest absolute Gasteiger partial charge is 0.0870 e. The summed E-state index contributed by atoms with van der Waals surface area (Å²) in [4.78, 5) is 0. The fourth-order valence-electron chi connectivity index (χ4n) is 0.204. The minimum Gasteiger partial charge on any atom is -0.391 e. The second-order valence-corrected chi connectivity index (χ2v) is 1.62. The van der Waals surface area contributed by atoms with Crippen LogP contribution in [0, 0.1) is 0 Å². The van der Waals surface area contributed by atoms with Gasteiger partial charge in [-0.2, -0.15) is 0 Å². The molecule has 0 aromatic heterocycles.